The van der Waals surface area contributed by atoms with E-state index in [-0.39, 0.29) is 5.56 Å². The highest BCUT2D eigenvalue weighted by molar-refractivity contribution is 7.98. The van der Waals surface area contributed by atoms with Gasteiger partial charge in [-0.1, -0.05) is 30.0 Å². The third kappa shape index (κ3) is 2.73. The summed E-state index contributed by atoms with van der Waals surface area (Å²) < 4.78 is 6.28. The number of hydrogen-bond acceptors (Lipinski definition) is 5. The van der Waals surface area contributed by atoms with Crippen molar-refractivity contribution in [2.75, 3.05) is 13.4 Å². The number of rotatable bonds is 3. The molecule has 1 aromatic heterocycles. The Morgan fingerprint density at radius 3 is 2.57 bits per heavy atom. The van der Waals surface area contributed by atoms with Gasteiger partial charge in [0.05, 0.1) is 29.3 Å². The lowest BCUT2D eigenvalue weighted by Crippen LogP contribution is -2.21. The fourth-order valence-corrected chi connectivity index (χ4v) is 2.91. The quantitative estimate of drug-likeness (QED) is 0.421. The number of esters is 1. The van der Waals surface area contributed by atoms with Gasteiger partial charge < -0.3 is 4.74 Å². The first-order valence-electron chi connectivity index (χ1n) is 6.90. The molecule has 0 amide bonds. The minimum atomic E-state index is -0.452. The van der Waals surface area contributed by atoms with Gasteiger partial charge in [0.2, 0.25) is 0 Å². The zero-order chi connectivity index (χ0) is 16.4. The van der Waals surface area contributed by atoms with Gasteiger partial charge in [-0.25, -0.2) is 9.78 Å². The number of thioether (sulfide) groups is 1. The van der Waals surface area contributed by atoms with Crippen LogP contribution in [0.2, 0.25) is 0 Å². The summed E-state index contributed by atoms with van der Waals surface area (Å²) in [4.78, 5) is 29.0. The lowest BCUT2D eigenvalue weighted by Gasteiger charge is -2.12. The number of para-hydroxylation sites is 1. The third-order valence-electron chi connectivity index (χ3n) is 3.46. The SMILES string of the molecule is COC(=O)c1ccc2c(=O)n(-c3ccccc3)c(SC)nc2c1. The Hall–Kier alpha value is -2.60. The second-order valence-corrected chi connectivity index (χ2v) is 5.57. The number of carbonyl (C=O) groups is 1. The molecule has 0 radical (unpaired) electrons. The van der Waals surface area contributed by atoms with Crippen LogP contribution in [0, 0.1) is 0 Å². The first-order chi connectivity index (χ1) is 11.2. The predicted octanol–water partition coefficient (Wildman–Crippen LogP) is 2.89. The van der Waals surface area contributed by atoms with Crippen LogP contribution in [-0.2, 0) is 4.74 Å². The molecule has 0 N–H and O–H groups in total. The monoisotopic (exact) mass is 326 g/mol. The van der Waals surface area contributed by atoms with Crippen molar-refractivity contribution in [1.29, 1.82) is 0 Å². The zero-order valence-electron chi connectivity index (χ0n) is 12.6. The van der Waals surface area contributed by atoms with Crippen molar-refractivity contribution in [3.63, 3.8) is 0 Å². The molecule has 1 heterocycles. The van der Waals surface area contributed by atoms with Crippen molar-refractivity contribution >= 4 is 28.6 Å². The molecule has 0 spiro atoms. The molecule has 0 unspecified atom stereocenters. The summed E-state index contributed by atoms with van der Waals surface area (Å²) in [6.45, 7) is 0. The van der Waals surface area contributed by atoms with E-state index in [2.05, 4.69) is 4.98 Å². The summed E-state index contributed by atoms with van der Waals surface area (Å²) >= 11 is 1.37. The van der Waals surface area contributed by atoms with E-state index >= 15 is 0 Å². The molecule has 3 rings (SSSR count). The molecule has 0 bridgehead atoms. The van der Waals surface area contributed by atoms with E-state index in [0.29, 0.717) is 21.6 Å². The molecule has 23 heavy (non-hydrogen) atoms. The largest absolute Gasteiger partial charge is 0.465 e. The minimum absolute atomic E-state index is 0.165. The lowest BCUT2D eigenvalue weighted by molar-refractivity contribution is 0.0601. The third-order valence-corrected chi connectivity index (χ3v) is 4.10. The number of hydrogen-bond donors (Lipinski definition) is 0. The molecule has 116 valence electrons. The Morgan fingerprint density at radius 1 is 1.17 bits per heavy atom. The second-order valence-electron chi connectivity index (χ2n) is 4.80. The van der Waals surface area contributed by atoms with Crippen molar-refractivity contribution < 1.29 is 9.53 Å². The van der Waals surface area contributed by atoms with Crippen molar-refractivity contribution in [3.8, 4) is 5.69 Å². The molecule has 0 saturated carbocycles. The van der Waals surface area contributed by atoms with Crippen molar-refractivity contribution in [1.82, 2.24) is 9.55 Å². The van der Waals surface area contributed by atoms with E-state index in [9.17, 15) is 9.59 Å². The molecule has 0 aliphatic carbocycles. The molecule has 0 aliphatic rings. The van der Waals surface area contributed by atoms with Gasteiger partial charge >= 0.3 is 5.97 Å². The van der Waals surface area contributed by atoms with Gasteiger partial charge in [0.25, 0.3) is 5.56 Å². The molecule has 3 aromatic rings. The van der Waals surface area contributed by atoms with E-state index in [0.717, 1.165) is 5.69 Å². The van der Waals surface area contributed by atoms with Crippen LogP contribution in [0.1, 0.15) is 10.4 Å². The molecule has 0 fully saturated rings. The van der Waals surface area contributed by atoms with Crippen LogP contribution in [0.4, 0.5) is 0 Å². The number of aromatic nitrogens is 2. The van der Waals surface area contributed by atoms with Crippen LogP contribution in [0.25, 0.3) is 16.6 Å². The summed E-state index contributed by atoms with van der Waals surface area (Å²) in [6, 6.07) is 14.1. The highest BCUT2D eigenvalue weighted by Gasteiger charge is 2.14. The molecular formula is C17H14N2O3S. The zero-order valence-corrected chi connectivity index (χ0v) is 13.5. The van der Waals surface area contributed by atoms with Gasteiger partial charge in [-0.2, -0.15) is 0 Å². The van der Waals surface area contributed by atoms with E-state index in [1.165, 1.54) is 18.9 Å². The number of nitrogens with zero attached hydrogens (tertiary/aromatic N) is 2. The highest BCUT2D eigenvalue weighted by Crippen LogP contribution is 2.20. The van der Waals surface area contributed by atoms with Crippen LogP contribution in [0.5, 0.6) is 0 Å². The number of carbonyl (C=O) groups excluding carboxylic acids is 1. The van der Waals surface area contributed by atoms with Crippen molar-refractivity contribution in [2.45, 2.75) is 5.16 Å². The van der Waals surface area contributed by atoms with Crippen LogP contribution < -0.4 is 5.56 Å². The van der Waals surface area contributed by atoms with Gasteiger partial charge in [0.15, 0.2) is 5.16 Å². The number of benzene rings is 2. The normalized spacial score (nSPS) is 10.7. The summed E-state index contributed by atoms with van der Waals surface area (Å²) in [6.07, 6.45) is 1.86. The van der Waals surface area contributed by atoms with E-state index in [4.69, 9.17) is 4.74 Å². The topological polar surface area (TPSA) is 61.2 Å². The molecule has 6 heteroatoms. The lowest BCUT2D eigenvalue weighted by atomic mass is 10.1. The molecule has 0 aliphatic heterocycles. The summed E-state index contributed by atoms with van der Waals surface area (Å²) in [7, 11) is 1.32. The molecular weight excluding hydrogens is 312 g/mol. The van der Waals surface area contributed by atoms with Gasteiger partial charge in [-0.3, -0.25) is 9.36 Å². The fourth-order valence-electron chi connectivity index (χ4n) is 2.35. The Balaban J connectivity index is 2.30. The standard InChI is InChI=1S/C17H14N2O3S/c1-22-16(21)11-8-9-13-14(10-11)18-17(23-2)19(15(13)20)12-6-4-3-5-7-12/h3-10H,1-2H3. The minimum Gasteiger partial charge on any atom is -0.465 e. The van der Waals surface area contributed by atoms with Crippen LogP contribution in [0.3, 0.4) is 0 Å². The Kier molecular flexibility index (Phi) is 4.16. The maximum absolute atomic E-state index is 12.9. The summed E-state index contributed by atoms with van der Waals surface area (Å²) in [5.74, 6) is -0.452. The smallest absolute Gasteiger partial charge is 0.337 e. The van der Waals surface area contributed by atoms with E-state index < -0.39 is 5.97 Å². The van der Waals surface area contributed by atoms with Gasteiger partial charge in [-0.15, -0.1) is 0 Å². The first kappa shape index (κ1) is 15.3. The average molecular weight is 326 g/mol. The van der Waals surface area contributed by atoms with Gasteiger partial charge in [0.1, 0.15) is 0 Å². The van der Waals surface area contributed by atoms with Crippen LogP contribution >= 0.6 is 11.8 Å². The van der Waals surface area contributed by atoms with Gasteiger partial charge in [-0.05, 0) is 36.6 Å². The van der Waals surface area contributed by atoms with E-state index in [1.807, 2.05) is 36.6 Å². The van der Waals surface area contributed by atoms with Crippen molar-refractivity contribution in [3.05, 3.63) is 64.4 Å². The maximum Gasteiger partial charge on any atom is 0.337 e. The Bertz CT molecular complexity index is 936. The molecule has 0 atom stereocenters. The van der Waals surface area contributed by atoms with Crippen LogP contribution in [0.15, 0.2) is 58.5 Å². The van der Waals surface area contributed by atoms with Crippen LogP contribution in [-0.4, -0.2) is 28.9 Å². The van der Waals surface area contributed by atoms with E-state index in [1.54, 1.807) is 22.8 Å². The number of fused-ring (bicyclic) bond motifs is 1. The van der Waals surface area contributed by atoms with Gasteiger partial charge in [0, 0.05) is 0 Å². The number of methoxy groups -OCH3 is 1. The highest BCUT2D eigenvalue weighted by atomic mass is 32.2. The first-order valence-corrected chi connectivity index (χ1v) is 8.12. The summed E-state index contributed by atoms with van der Waals surface area (Å²) in [5.41, 5.74) is 1.45. The summed E-state index contributed by atoms with van der Waals surface area (Å²) in [5, 5.41) is 1.02. The molecule has 0 saturated heterocycles. The molecule has 2 aromatic carbocycles. The average Bonchev–Trinajstić information content (AvgIpc) is 2.61. The Labute approximate surface area is 136 Å². The second kappa shape index (κ2) is 6.26. The Morgan fingerprint density at radius 2 is 1.91 bits per heavy atom. The predicted molar refractivity (Wildman–Crippen MR) is 90.5 cm³/mol. The number of ether oxygens (including phenoxy) is 1. The fraction of sp³-hybridized carbons (Fsp3) is 0.118. The maximum atomic E-state index is 12.9. The van der Waals surface area contributed by atoms with Crippen molar-refractivity contribution in [2.24, 2.45) is 0 Å². The molecule has 5 nitrogen and oxygen atoms in total.